The van der Waals surface area contributed by atoms with Gasteiger partial charge in [0, 0.05) is 20.8 Å². The molecule has 1 aromatic rings. The van der Waals surface area contributed by atoms with Crippen LogP contribution in [0.2, 0.25) is 0 Å². The molecule has 24 heavy (non-hydrogen) atoms. The number of carboxylic acid groups (broad SMARTS) is 5. The maximum absolute atomic E-state index is 10.5. The summed E-state index contributed by atoms with van der Waals surface area (Å²) >= 11 is 0. The normalized spacial score (nSPS) is 7.79. The molecule has 0 atom stereocenters. The van der Waals surface area contributed by atoms with Gasteiger partial charge in [-0.25, -0.2) is 9.59 Å². The van der Waals surface area contributed by atoms with Crippen LogP contribution in [-0.2, 0) is 14.4 Å². The van der Waals surface area contributed by atoms with Gasteiger partial charge in [0.1, 0.15) is 0 Å². The van der Waals surface area contributed by atoms with E-state index in [0.29, 0.717) is 0 Å². The van der Waals surface area contributed by atoms with E-state index in [1.165, 1.54) is 24.3 Å². The maximum atomic E-state index is 10.5. The largest absolute Gasteiger partial charge is 0.481 e. The van der Waals surface area contributed by atoms with Crippen LogP contribution in [-0.4, -0.2) is 55.4 Å². The third-order valence-corrected chi connectivity index (χ3v) is 1.39. The lowest BCUT2D eigenvalue weighted by molar-refractivity contribution is -0.135. The number of hydrogen-bond donors (Lipinski definition) is 5. The molecule has 0 heterocycles. The summed E-state index contributed by atoms with van der Waals surface area (Å²) in [6.45, 7) is 3.25. The van der Waals surface area contributed by atoms with Crippen molar-refractivity contribution in [2.24, 2.45) is 0 Å². The minimum absolute atomic E-state index is 0.190. The molecule has 0 saturated heterocycles. The second-order valence-electron chi connectivity index (χ2n) is 3.71. The van der Waals surface area contributed by atoms with Crippen LogP contribution in [0.3, 0.4) is 0 Å². The Balaban J connectivity index is -0.000000304. The van der Waals surface area contributed by atoms with E-state index >= 15 is 0 Å². The average molecular weight is 346 g/mol. The van der Waals surface area contributed by atoms with Crippen LogP contribution in [0.25, 0.3) is 0 Å². The Morgan fingerprint density at radius 1 is 0.583 bits per heavy atom. The zero-order chi connectivity index (χ0) is 19.9. The topological polar surface area (TPSA) is 186 Å². The van der Waals surface area contributed by atoms with E-state index in [9.17, 15) is 9.59 Å². The van der Waals surface area contributed by atoms with Gasteiger partial charge in [0.2, 0.25) is 0 Å². The standard InChI is InChI=1S/C8H6O4.3C2H4O2/c9-7(10)5-3-1-2-4-6(5)8(11)12;3*1-2(3)4/h1-4H,(H,9,10)(H,11,12);3*1H3,(H,3,4). The van der Waals surface area contributed by atoms with Crippen LogP contribution in [0.1, 0.15) is 41.5 Å². The Bertz CT molecular complexity index is 503. The van der Waals surface area contributed by atoms with Gasteiger partial charge < -0.3 is 25.5 Å². The van der Waals surface area contributed by atoms with E-state index in [0.717, 1.165) is 20.8 Å². The molecular weight excluding hydrogens is 328 g/mol. The Morgan fingerprint density at radius 2 is 0.750 bits per heavy atom. The highest BCUT2D eigenvalue weighted by Crippen LogP contribution is 2.07. The lowest BCUT2D eigenvalue weighted by Crippen LogP contribution is -2.06. The summed E-state index contributed by atoms with van der Waals surface area (Å²) in [7, 11) is 0. The SMILES string of the molecule is CC(=O)O.CC(=O)O.CC(=O)O.O=C(O)c1ccccc1C(=O)O. The molecule has 1 rings (SSSR count). The molecule has 0 aliphatic carbocycles. The van der Waals surface area contributed by atoms with Crippen molar-refractivity contribution in [2.75, 3.05) is 0 Å². The van der Waals surface area contributed by atoms with Crippen LogP contribution in [0.5, 0.6) is 0 Å². The summed E-state index contributed by atoms with van der Waals surface area (Å²) in [6.07, 6.45) is 0. The third-order valence-electron chi connectivity index (χ3n) is 1.39. The van der Waals surface area contributed by atoms with Gasteiger partial charge in [-0.05, 0) is 12.1 Å². The third kappa shape index (κ3) is 23.6. The fourth-order valence-electron chi connectivity index (χ4n) is 0.856. The van der Waals surface area contributed by atoms with Gasteiger partial charge in [-0.2, -0.15) is 0 Å². The van der Waals surface area contributed by atoms with Crippen molar-refractivity contribution in [3.05, 3.63) is 35.4 Å². The van der Waals surface area contributed by atoms with Crippen LogP contribution in [0.4, 0.5) is 0 Å². The summed E-state index contributed by atoms with van der Waals surface area (Å²) < 4.78 is 0. The summed E-state index contributed by atoms with van der Waals surface area (Å²) in [6, 6.07) is 5.48. The summed E-state index contributed by atoms with van der Waals surface area (Å²) in [4.78, 5) is 47.9. The molecule has 0 fully saturated rings. The molecular formula is C14H18O10. The van der Waals surface area contributed by atoms with Crippen molar-refractivity contribution < 1.29 is 49.5 Å². The molecule has 0 unspecified atom stereocenters. The van der Waals surface area contributed by atoms with E-state index in [1.807, 2.05) is 0 Å². The van der Waals surface area contributed by atoms with Gasteiger partial charge in [0.25, 0.3) is 17.9 Å². The van der Waals surface area contributed by atoms with Gasteiger partial charge in [-0.3, -0.25) is 14.4 Å². The van der Waals surface area contributed by atoms with E-state index in [-0.39, 0.29) is 11.1 Å². The van der Waals surface area contributed by atoms with E-state index in [1.54, 1.807) is 0 Å². The van der Waals surface area contributed by atoms with Crippen molar-refractivity contribution in [3.63, 3.8) is 0 Å². The summed E-state index contributed by atoms with van der Waals surface area (Å²) in [5.41, 5.74) is -0.380. The zero-order valence-electron chi connectivity index (χ0n) is 13.1. The molecule has 0 aliphatic rings. The molecule has 0 spiro atoms. The first-order chi connectivity index (χ1) is 10.8. The number of carboxylic acids is 5. The molecule has 10 heteroatoms. The van der Waals surface area contributed by atoms with Crippen molar-refractivity contribution in [2.45, 2.75) is 20.8 Å². The van der Waals surface area contributed by atoms with Crippen LogP contribution in [0.15, 0.2) is 24.3 Å². The molecule has 0 radical (unpaired) electrons. The molecule has 1 aromatic carbocycles. The lowest BCUT2D eigenvalue weighted by atomic mass is 10.1. The van der Waals surface area contributed by atoms with Crippen LogP contribution >= 0.6 is 0 Å². The van der Waals surface area contributed by atoms with Crippen molar-refractivity contribution in [1.82, 2.24) is 0 Å². The first-order valence-corrected chi connectivity index (χ1v) is 5.97. The minimum Gasteiger partial charge on any atom is -0.481 e. The first-order valence-electron chi connectivity index (χ1n) is 5.97. The number of aliphatic carboxylic acids is 3. The second-order valence-corrected chi connectivity index (χ2v) is 3.71. The van der Waals surface area contributed by atoms with E-state index in [4.69, 9.17) is 39.9 Å². The predicted octanol–water partition coefficient (Wildman–Crippen LogP) is 1.36. The lowest BCUT2D eigenvalue weighted by Gasteiger charge is -1.98. The molecule has 0 aliphatic heterocycles. The van der Waals surface area contributed by atoms with Gasteiger partial charge in [0.15, 0.2) is 0 Å². The monoisotopic (exact) mass is 346 g/mol. The molecule has 10 nitrogen and oxygen atoms in total. The highest BCUT2D eigenvalue weighted by Gasteiger charge is 2.13. The van der Waals surface area contributed by atoms with Gasteiger partial charge in [0.05, 0.1) is 11.1 Å². The Hall–Kier alpha value is -3.43. The number of hydrogen-bond acceptors (Lipinski definition) is 5. The number of aromatic carboxylic acids is 2. The molecule has 0 bridgehead atoms. The van der Waals surface area contributed by atoms with Crippen molar-refractivity contribution in [3.8, 4) is 0 Å². The van der Waals surface area contributed by atoms with Gasteiger partial charge >= 0.3 is 11.9 Å². The molecule has 0 aromatic heterocycles. The maximum Gasteiger partial charge on any atom is 0.336 e. The smallest absolute Gasteiger partial charge is 0.336 e. The highest BCUT2D eigenvalue weighted by molar-refractivity contribution is 6.01. The molecule has 134 valence electrons. The molecule has 0 amide bonds. The first kappa shape index (κ1) is 25.5. The van der Waals surface area contributed by atoms with Crippen LogP contribution < -0.4 is 0 Å². The Morgan fingerprint density at radius 3 is 0.875 bits per heavy atom. The van der Waals surface area contributed by atoms with E-state index < -0.39 is 29.8 Å². The van der Waals surface area contributed by atoms with Gasteiger partial charge in [-0.15, -0.1) is 0 Å². The molecule has 0 saturated carbocycles. The number of carbonyl (C=O) groups is 5. The average Bonchev–Trinajstić information content (AvgIpc) is 2.36. The summed E-state index contributed by atoms with van der Waals surface area (Å²) in [5, 5.41) is 39.4. The fraction of sp³-hybridized carbons (Fsp3) is 0.214. The fourth-order valence-corrected chi connectivity index (χ4v) is 0.856. The van der Waals surface area contributed by atoms with Crippen molar-refractivity contribution >= 4 is 29.8 Å². The minimum atomic E-state index is -1.23. The van der Waals surface area contributed by atoms with Crippen LogP contribution in [0, 0.1) is 0 Å². The second kappa shape index (κ2) is 14.5. The summed E-state index contributed by atoms with van der Waals surface area (Å²) in [5.74, 6) is -4.96. The highest BCUT2D eigenvalue weighted by atomic mass is 16.4. The zero-order valence-corrected chi connectivity index (χ0v) is 13.1. The number of rotatable bonds is 2. The van der Waals surface area contributed by atoms with Gasteiger partial charge in [-0.1, -0.05) is 12.1 Å². The molecule has 5 N–H and O–H groups in total. The quantitative estimate of drug-likeness (QED) is 0.523. The van der Waals surface area contributed by atoms with E-state index in [2.05, 4.69) is 0 Å². The van der Waals surface area contributed by atoms with Crippen molar-refractivity contribution in [1.29, 1.82) is 0 Å². The predicted molar refractivity (Wildman–Crippen MR) is 80.3 cm³/mol. The Labute approximate surface area is 136 Å². The number of benzene rings is 1. The Kier molecular flexibility index (Phi) is 15.4.